The first-order chi connectivity index (χ1) is 63.0. The molecule has 0 aliphatic heterocycles. The molecule has 0 spiro atoms. The average molecular weight is 1620 g/mol. The Bertz CT molecular complexity index is 8990. The third kappa shape index (κ3) is 10.8. The quantitative estimate of drug-likeness (QED) is 0.120. The van der Waals surface area contributed by atoms with Crippen molar-refractivity contribution < 1.29 is 0 Å². The monoisotopic (exact) mass is 1620 g/mol. The Morgan fingerprint density at radius 1 is 0.118 bits per heavy atom. The van der Waals surface area contributed by atoms with Crippen LogP contribution in [0.15, 0.2) is 419 Å². The second-order valence-electron chi connectivity index (χ2n) is 33.0. The van der Waals surface area contributed by atoms with Crippen LogP contribution in [-0.2, 0) is 0 Å². The summed E-state index contributed by atoms with van der Waals surface area (Å²) in [6.45, 7) is 0. The molecule has 18 aromatic carbocycles. The van der Waals surface area contributed by atoms with Crippen LogP contribution in [0.3, 0.4) is 0 Å². The summed E-state index contributed by atoms with van der Waals surface area (Å²) in [5.74, 6) is 3.43. The molecule has 0 amide bonds. The van der Waals surface area contributed by atoms with E-state index in [9.17, 15) is 0 Å². The van der Waals surface area contributed by atoms with Crippen molar-refractivity contribution in [3.63, 3.8) is 0 Å². The second-order valence-corrected chi connectivity index (χ2v) is 33.0. The Morgan fingerprint density at radius 2 is 0.339 bits per heavy atom. The molecule has 0 bridgehead atoms. The van der Waals surface area contributed by atoms with E-state index in [0.717, 1.165) is 193 Å². The molecule has 0 N–H and O–H groups in total. The van der Waals surface area contributed by atoms with Gasteiger partial charge in [-0.15, -0.1) is 0 Å². The van der Waals surface area contributed by atoms with Gasteiger partial charge in [0.05, 0.1) is 94.3 Å². The summed E-state index contributed by atoms with van der Waals surface area (Å²) in [5.41, 5.74) is 26.1. The summed E-state index contributed by atoms with van der Waals surface area (Å²) < 4.78 is 16.7. The number of hydrogen-bond donors (Lipinski definition) is 0. The van der Waals surface area contributed by atoms with Gasteiger partial charge in [0.2, 0.25) is 11.9 Å². The predicted octanol–water partition coefficient (Wildman–Crippen LogP) is 28.1. The van der Waals surface area contributed by atoms with Crippen LogP contribution in [0.4, 0.5) is 0 Å². The van der Waals surface area contributed by atoms with Gasteiger partial charge in [0.15, 0.2) is 23.3 Å². The van der Waals surface area contributed by atoms with Gasteiger partial charge in [-0.05, 0) is 151 Å². The lowest BCUT2D eigenvalue weighted by atomic mass is 10.0. The maximum Gasteiger partial charge on any atom is 0.238 e. The largest absolute Gasteiger partial charge is 0.309 e. The molecular formula is C114H69N13. The van der Waals surface area contributed by atoms with E-state index in [4.69, 9.17) is 29.9 Å². The summed E-state index contributed by atoms with van der Waals surface area (Å²) >= 11 is 0. The lowest BCUT2D eigenvalue weighted by Crippen LogP contribution is -2.06. The van der Waals surface area contributed by atoms with Gasteiger partial charge in [-0.3, -0.25) is 9.13 Å². The van der Waals surface area contributed by atoms with Crippen molar-refractivity contribution in [1.82, 2.24) is 61.9 Å². The molecule has 27 aromatic rings. The molecule has 0 fully saturated rings. The first-order valence-corrected chi connectivity index (χ1v) is 43.0. The zero-order valence-corrected chi connectivity index (χ0v) is 68.2. The van der Waals surface area contributed by atoms with Gasteiger partial charge >= 0.3 is 0 Å². The van der Waals surface area contributed by atoms with E-state index < -0.39 is 0 Å². The van der Waals surface area contributed by atoms with Crippen LogP contribution in [0.5, 0.6) is 0 Å². The Morgan fingerprint density at radius 3 is 0.669 bits per heavy atom. The molecule has 27 rings (SSSR count). The molecule has 9 heterocycles. The minimum Gasteiger partial charge on any atom is -0.309 e. The third-order valence-corrected chi connectivity index (χ3v) is 26.0. The summed E-state index contributed by atoms with van der Waals surface area (Å²) in [6, 6.07) is 151. The molecule has 0 aliphatic carbocycles. The van der Waals surface area contributed by atoms with Crippen LogP contribution in [0.1, 0.15) is 0 Å². The highest BCUT2D eigenvalue weighted by Gasteiger charge is 2.28. The van der Waals surface area contributed by atoms with Crippen molar-refractivity contribution in [2.45, 2.75) is 0 Å². The van der Waals surface area contributed by atoms with Gasteiger partial charge in [0, 0.05) is 109 Å². The maximum absolute atomic E-state index is 5.61. The van der Waals surface area contributed by atoms with Gasteiger partial charge in [0.25, 0.3) is 0 Å². The topological polar surface area (TPSA) is 112 Å². The Labute approximate surface area is 725 Å². The lowest BCUT2D eigenvalue weighted by Gasteiger charge is -2.17. The number of hydrogen-bond acceptors (Lipinski definition) is 6. The number of rotatable bonds is 12. The molecule has 127 heavy (non-hydrogen) atoms. The minimum atomic E-state index is 0.519. The second kappa shape index (κ2) is 27.5. The van der Waals surface area contributed by atoms with Gasteiger partial charge in [0.1, 0.15) is 0 Å². The molecule has 0 radical (unpaired) electrons. The summed E-state index contributed by atoms with van der Waals surface area (Å²) in [5, 5.41) is 16.0. The summed E-state index contributed by atoms with van der Waals surface area (Å²) in [7, 11) is 0. The molecule has 13 nitrogen and oxygen atoms in total. The van der Waals surface area contributed by atoms with Crippen molar-refractivity contribution in [1.29, 1.82) is 0 Å². The average Bonchev–Trinajstić information content (AvgIpc) is 1.55. The zero-order valence-electron chi connectivity index (χ0n) is 68.2. The van der Waals surface area contributed by atoms with E-state index in [1.54, 1.807) is 0 Å². The molecule has 0 aliphatic rings. The van der Waals surface area contributed by atoms with Crippen LogP contribution >= 0.6 is 0 Å². The molecule has 0 atom stereocenters. The molecular weight excluding hydrogens is 1550 g/mol. The van der Waals surface area contributed by atoms with E-state index >= 15 is 0 Å². The predicted molar refractivity (Wildman–Crippen MR) is 521 cm³/mol. The number of aromatic nitrogens is 13. The van der Waals surface area contributed by atoms with Crippen molar-refractivity contribution >= 4 is 153 Å². The molecule has 9 aromatic heterocycles. The summed E-state index contributed by atoms with van der Waals surface area (Å²) in [6.07, 6.45) is 0. The van der Waals surface area contributed by atoms with Crippen LogP contribution in [0, 0.1) is 0 Å². The SMILES string of the molecule is c1ccc(-c2nc(-c3ccccc3)nc(-n3c4ccccc4c4cc5c(cc43)c3ccccc3n5-c3ccc(-n4c5ccccc5c5cc(-c6cccc(-c7nc(-c8ccccc8)nc(-n8c9ccccc9c9cc%10c(cc98)c8ccccc8n%10-c8cc(-n9c%10ccccc%10c%10ccccc%109)cc(-n9c%10ccccc%10c%10ccccc%109)c8)n7)c6)ccc54)cc3)n2)cc1. The fourth-order valence-corrected chi connectivity index (χ4v) is 20.4. The first kappa shape index (κ1) is 70.3. The van der Waals surface area contributed by atoms with Crippen LogP contribution in [0.2, 0.25) is 0 Å². The maximum atomic E-state index is 5.61. The van der Waals surface area contributed by atoms with Gasteiger partial charge in [-0.2, -0.15) is 19.9 Å². The number of benzene rings is 18. The van der Waals surface area contributed by atoms with Crippen LogP contribution in [0.25, 0.3) is 250 Å². The van der Waals surface area contributed by atoms with Crippen molar-refractivity contribution in [3.8, 4) is 97.0 Å². The molecule has 13 heteroatoms. The van der Waals surface area contributed by atoms with Crippen molar-refractivity contribution in [3.05, 3.63) is 419 Å². The number of nitrogens with zero attached hydrogens (tertiary/aromatic N) is 13. The third-order valence-electron chi connectivity index (χ3n) is 26.0. The highest BCUT2D eigenvalue weighted by atomic mass is 15.2. The van der Waals surface area contributed by atoms with Gasteiger partial charge in [-0.25, -0.2) is 9.97 Å². The van der Waals surface area contributed by atoms with E-state index in [1.807, 2.05) is 54.6 Å². The van der Waals surface area contributed by atoms with Crippen molar-refractivity contribution in [2.75, 3.05) is 0 Å². The van der Waals surface area contributed by atoms with E-state index in [2.05, 4.69) is 396 Å². The highest BCUT2D eigenvalue weighted by molar-refractivity contribution is 6.22. The van der Waals surface area contributed by atoms with E-state index in [1.165, 1.54) is 21.5 Å². The number of para-hydroxylation sites is 9. The Hall–Kier alpha value is -17.4. The molecule has 0 saturated carbocycles. The molecule has 0 saturated heterocycles. The van der Waals surface area contributed by atoms with Crippen LogP contribution in [-0.4, -0.2) is 61.9 Å². The standard InChI is InChI=1S/C114H69N13/c1-4-29-70(30-5-1)109-115-110(71-31-6-2-7-32-71)118-113(117-109)126-102-53-26-17-44-88(102)93-66-105-91(68-107(93)126)86-42-15-24-51-100(86)122(105)77-58-56-76(57-59-77)121-99-50-23-14-41-85(99)90-62-74(55-60-104(90)121)73-35-28-36-75(61-73)112-116-111(72-33-8-3-9-34-72)119-114(120-112)127-103-54-27-18-45-89(103)94-67-106-92(69-108(94)127)87-43-16-25-52-101(87)125(106)80-64-78(123-95-46-19-10-37-81(95)82-38-11-20-47-96(82)123)63-79(65-80)124-97-48-21-12-39-83(97)84-40-13-22-49-98(84)124/h1-69H. The smallest absolute Gasteiger partial charge is 0.238 e. The van der Waals surface area contributed by atoms with E-state index in [0.29, 0.717) is 35.2 Å². The Kier molecular flexibility index (Phi) is 15.2. The first-order valence-electron chi connectivity index (χ1n) is 43.0. The summed E-state index contributed by atoms with van der Waals surface area (Å²) in [4.78, 5) is 32.1. The lowest BCUT2D eigenvalue weighted by molar-refractivity contribution is 0.953. The van der Waals surface area contributed by atoms with Gasteiger partial charge in [-0.1, -0.05) is 279 Å². The fourth-order valence-electron chi connectivity index (χ4n) is 20.4. The fraction of sp³-hybridized carbons (Fsp3) is 0. The molecule has 590 valence electrons. The minimum absolute atomic E-state index is 0.519. The number of fused-ring (bicyclic) bond motifs is 21. The molecule has 0 unspecified atom stereocenters. The Balaban J connectivity index is 0.573. The van der Waals surface area contributed by atoms with E-state index in [-0.39, 0.29) is 0 Å². The zero-order chi connectivity index (χ0) is 83.1. The van der Waals surface area contributed by atoms with Gasteiger partial charge < -0.3 is 22.8 Å². The van der Waals surface area contributed by atoms with Crippen molar-refractivity contribution in [2.24, 2.45) is 0 Å². The normalized spacial score (nSPS) is 12.1. The van der Waals surface area contributed by atoms with Crippen LogP contribution < -0.4 is 0 Å². The highest BCUT2D eigenvalue weighted by Crippen LogP contribution is 2.46.